The molecule has 1 aliphatic carbocycles. The first kappa shape index (κ1) is 18.5. The standard InChI is InChI=1S/C23H33N3O/c1-17(2)18-7-9-20(10-8-18)25-13-11-21(12-14-25)26-22(16-24-27)15-19-5-3-4-6-23(19)26/h3-6,15-18,20-21,27H,7-14H2,1-2H3/b24-16+/t18-,20-. The van der Waals surface area contributed by atoms with Crippen molar-refractivity contribution in [3.05, 3.63) is 36.0 Å². The quantitative estimate of drug-likeness (QED) is 0.452. The van der Waals surface area contributed by atoms with Gasteiger partial charge < -0.3 is 14.7 Å². The summed E-state index contributed by atoms with van der Waals surface area (Å²) in [6.07, 6.45) is 9.50. The molecule has 27 heavy (non-hydrogen) atoms. The van der Waals surface area contributed by atoms with Gasteiger partial charge in [0.15, 0.2) is 0 Å². The van der Waals surface area contributed by atoms with Gasteiger partial charge in [-0.2, -0.15) is 0 Å². The second kappa shape index (κ2) is 8.05. The van der Waals surface area contributed by atoms with Gasteiger partial charge in [0, 0.05) is 36.1 Å². The fourth-order valence-corrected chi connectivity index (χ4v) is 5.41. The Hall–Kier alpha value is -1.81. The number of hydrogen-bond acceptors (Lipinski definition) is 3. The summed E-state index contributed by atoms with van der Waals surface area (Å²) in [5, 5.41) is 13.6. The number of hydrogen-bond donors (Lipinski definition) is 1. The Morgan fingerprint density at radius 2 is 1.70 bits per heavy atom. The van der Waals surface area contributed by atoms with Crippen LogP contribution in [0.3, 0.4) is 0 Å². The van der Waals surface area contributed by atoms with Crippen molar-refractivity contribution in [3.8, 4) is 0 Å². The molecule has 4 rings (SSSR count). The van der Waals surface area contributed by atoms with Gasteiger partial charge in [-0.05, 0) is 62.5 Å². The van der Waals surface area contributed by atoms with Gasteiger partial charge in [-0.25, -0.2) is 0 Å². The molecule has 2 fully saturated rings. The smallest absolute Gasteiger partial charge is 0.0898 e. The molecule has 2 aromatic rings. The van der Waals surface area contributed by atoms with Crippen LogP contribution in [0.15, 0.2) is 35.5 Å². The van der Waals surface area contributed by atoms with E-state index in [-0.39, 0.29) is 0 Å². The number of para-hydroxylation sites is 1. The summed E-state index contributed by atoms with van der Waals surface area (Å²) >= 11 is 0. The maximum atomic E-state index is 9.09. The summed E-state index contributed by atoms with van der Waals surface area (Å²) in [5.74, 6) is 1.77. The van der Waals surface area contributed by atoms with E-state index < -0.39 is 0 Å². The Balaban J connectivity index is 1.44. The molecule has 1 aromatic heterocycles. The van der Waals surface area contributed by atoms with E-state index in [1.807, 2.05) is 0 Å². The molecular weight excluding hydrogens is 334 g/mol. The molecule has 4 nitrogen and oxygen atoms in total. The van der Waals surface area contributed by atoms with E-state index in [0.717, 1.165) is 23.6 Å². The number of nitrogens with zero attached hydrogens (tertiary/aromatic N) is 3. The fraction of sp³-hybridized carbons (Fsp3) is 0.609. The molecule has 1 saturated carbocycles. The van der Waals surface area contributed by atoms with Crippen molar-refractivity contribution in [2.75, 3.05) is 13.1 Å². The van der Waals surface area contributed by atoms with Gasteiger partial charge in [0.05, 0.1) is 11.9 Å². The van der Waals surface area contributed by atoms with Crippen LogP contribution in [-0.4, -0.2) is 40.0 Å². The number of aromatic nitrogens is 1. The average Bonchev–Trinajstić information content (AvgIpc) is 3.06. The van der Waals surface area contributed by atoms with Crippen LogP contribution in [0, 0.1) is 11.8 Å². The highest BCUT2D eigenvalue weighted by Crippen LogP contribution is 2.35. The highest BCUT2D eigenvalue weighted by Gasteiger charge is 2.31. The van der Waals surface area contributed by atoms with Gasteiger partial charge in [-0.3, -0.25) is 0 Å². The molecule has 2 heterocycles. The van der Waals surface area contributed by atoms with Crippen molar-refractivity contribution in [2.24, 2.45) is 17.0 Å². The van der Waals surface area contributed by atoms with Crippen LogP contribution >= 0.6 is 0 Å². The molecule has 1 N–H and O–H groups in total. The minimum absolute atomic E-state index is 0.487. The lowest BCUT2D eigenvalue weighted by Gasteiger charge is -2.42. The van der Waals surface area contributed by atoms with Crippen molar-refractivity contribution in [1.82, 2.24) is 9.47 Å². The lowest BCUT2D eigenvalue weighted by atomic mass is 9.79. The number of fused-ring (bicyclic) bond motifs is 1. The Morgan fingerprint density at radius 3 is 2.37 bits per heavy atom. The first-order valence-electron chi connectivity index (χ1n) is 10.7. The minimum atomic E-state index is 0.487. The van der Waals surface area contributed by atoms with Crippen molar-refractivity contribution in [3.63, 3.8) is 0 Å². The van der Waals surface area contributed by atoms with Gasteiger partial charge >= 0.3 is 0 Å². The van der Waals surface area contributed by atoms with E-state index in [1.165, 1.54) is 62.5 Å². The van der Waals surface area contributed by atoms with Crippen LogP contribution < -0.4 is 0 Å². The van der Waals surface area contributed by atoms with E-state index in [1.54, 1.807) is 6.21 Å². The highest BCUT2D eigenvalue weighted by atomic mass is 16.4. The SMILES string of the molecule is CC(C)[C@H]1CC[C@H](N2CCC(n3c(/C=N/O)cc4ccccc43)CC2)CC1. The maximum absolute atomic E-state index is 9.09. The topological polar surface area (TPSA) is 40.8 Å². The molecule has 1 aromatic carbocycles. The second-order valence-corrected chi connectivity index (χ2v) is 8.82. The third-order valence-corrected chi connectivity index (χ3v) is 7.03. The van der Waals surface area contributed by atoms with Crippen LogP contribution in [0.25, 0.3) is 10.9 Å². The number of rotatable bonds is 4. The van der Waals surface area contributed by atoms with Crippen molar-refractivity contribution in [2.45, 2.75) is 64.5 Å². The molecule has 0 spiro atoms. The molecule has 0 amide bonds. The van der Waals surface area contributed by atoms with Gasteiger partial charge in [0.25, 0.3) is 0 Å². The third-order valence-electron chi connectivity index (χ3n) is 7.03. The van der Waals surface area contributed by atoms with Gasteiger partial charge in [-0.15, -0.1) is 0 Å². The Bertz CT molecular complexity index is 778. The van der Waals surface area contributed by atoms with Crippen molar-refractivity contribution in [1.29, 1.82) is 0 Å². The first-order valence-corrected chi connectivity index (χ1v) is 10.7. The Kier molecular flexibility index (Phi) is 5.53. The molecule has 0 unspecified atom stereocenters. The predicted molar refractivity (Wildman–Crippen MR) is 112 cm³/mol. The first-order chi connectivity index (χ1) is 13.2. The molecule has 2 aliphatic rings. The molecule has 1 saturated heterocycles. The largest absolute Gasteiger partial charge is 0.411 e. The summed E-state index contributed by atoms with van der Waals surface area (Å²) in [4.78, 5) is 2.75. The molecular formula is C23H33N3O. The number of oxime groups is 1. The summed E-state index contributed by atoms with van der Waals surface area (Å²) < 4.78 is 2.39. The molecule has 1 aliphatic heterocycles. The summed E-state index contributed by atoms with van der Waals surface area (Å²) in [7, 11) is 0. The zero-order valence-corrected chi connectivity index (χ0v) is 16.7. The van der Waals surface area contributed by atoms with Crippen molar-refractivity contribution < 1.29 is 5.21 Å². The zero-order chi connectivity index (χ0) is 18.8. The summed E-state index contributed by atoms with van der Waals surface area (Å²) in [6, 6.07) is 11.9. The predicted octanol–water partition coefficient (Wildman–Crippen LogP) is 5.30. The van der Waals surface area contributed by atoms with E-state index in [2.05, 4.69) is 58.8 Å². The lowest BCUT2D eigenvalue weighted by molar-refractivity contribution is 0.0893. The maximum Gasteiger partial charge on any atom is 0.0898 e. The summed E-state index contributed by atoms with van der Waals surface area (Å²) in [6.45, 7) is 7.13. The Labute approximate surface area is 162 Å². The normalized spacial score (nSPS) is 25.7. The second-order valence-electron chi connectivity index (χ2n) is 8.82. The van der Waals surface area contributed by atoms with Gasteiger partial charge in [-0.1, -0.05) is 37.2 Å². The van der Waals surface area contributed by atoms with Crippen LogP contribution in [0.1, 0.15) is 64.1 Å². The van der Waals surface area contributed by atoms with E-state index in [0.29, 0.717) is 6.04 Å². The van der Waals surface area contributed by atoms with E-state index >= 15 is 0 Å². The van der Waals surface area contributed by atoms with Gasteiger partial charge in [0.1, 0.15) is 0 Å². The molecule has 146 valence electrons. The third kappa shape index (κ3) is 3.77. The minimum Gasteiger partial charge on any atom is -0.411 e. The number of benzene rings is 1. The number of piperidine rings is 1. The van der Waals surface area contributed by atoms with E-state index in [4.69, 9.17) is 5.21 Å². The molecule has 0 bridgehead atoms. The van der Waals surface area contributed by atoms with Crippen LogP contribution in [-0.2, 0) is 0 Å². The number of likely N-dealkylation sites (tertiary alicyclic amines) is 1. The molecule has 0 atom stereocenters. The fourth-order valence-electron chi connectivity index (χ4n) is 5.41. The highest BCUT2D eigenvalue weighted by molar-refractivity contribution is 5.90. The van der Waals surface area contributed by atoms with E-state index in [9.17, 15) is 0 Å². The van der Waals surface area contributed by atoms with Crippen LogP contribution in [0.4, 0.5) is 0 Å². The zero-order valence-electron chi connectivity index (χ0n) is 16.7. The molecule has 0 radical (unpaired) electrons. The molecule has 4 heteroatoms. The summed E-state index contributed by atoms with van der Waals surface area (Å²) in [5.41, 5.74) is 2.26. The van der Waals surface area contributed by atoms with Gasteiger partial charge in [0.2, 0.25) is 0 Å². The monoisotopic (exact) mass is 367 g/mol. The average molecular weight is 368 g/mol. The van der Waals surface area contributed by atoms with Crippen molar-refractivity contribution >= 4 is 17.1 Å². The van der Waals surface area contributed by atoms with Crippen LogP contribution in [0.2, 0.25) is 0 Å². The van der Waals surface area contributed by atoms with Crippen LogP contribution in [0.5, 0.6) is 0 Å². The lowest BCUT2D eigenvalue weighted by Crippen LogP contribution is -2.44. The Morgan fingerprint density at radius 1 is 1.00 bits per heavy atom.